The molecule has 220 valence electrons. The van der Waals surface area contributed by atoms with Crippen LogP contribution in [0.15, 0.2) is 24.3 Å². The molecule has 40 heavy (non-hydrogen) atoms. The van der Waals surface area contributed by atoms with Gasteiger partial charge in [-0.25, -0.2) is 9.59 Å². The zero-order chi connectivity index (χ0) is 28.5. The Bertz CT molecular complexity index is 1060. The van der Waals surface area contributed by atoms with Crippen molar-refractivity contribution in [3.05, 3.63) is 34.9 Å². The predicted molar refractivity (Wildman–Crippen MR) is 147 cm³/mol. The van der Waals surface area contributed by atoms with Crippen molar-refractivity contribution in [1.29, 1.82) is 0 Å². The number of nitrogens with one attached hydrogen (secondary N) is 3. The Morgan fingerprint density at radius 1 is 1.10 bits per heavy atom. The van der Waals surface area contributed by atoms with Crippen molar-refractivity contribution in [2.24, 2.45) is 11.8 Å². The standard InChI is InChI=1S/C29H40ClN3O7/c1-38-27(36)24(16-21-17-29(33-25(21)34)10-12-39-13-11-29)31-26(35)23(15-19-6-3-2-4-7-19)32-28(37)40-18-20-8-5-9-22(30)14-20/h5,8-9,14,19,21,23-24H,2-4,6-7,10-13,15-18H2,1H3,(H,31,35)(H,32,37)(H,33,34)/t21?,23-,24-/m0/s1. The van der Waals surface area contributed by atoms with Crippen LogP contribution in [-0.4, -0.2) is 61.8 Å². The van der Waals surface area contributed by atoms with Gasteiger partial charge in [-0.15, -0.1) is 0 Å². The Morgan fingerprint density at radius 2 is 1.85 bits per heavy atom. The van der Waals surface area contributed by atoms with Crippen molar-refractivity contribution in [3.63, 3.8) is 0 Å². The fourth-order valence-electron chi connectivity index (χ4n) is 6.12. The fraction of sp³-hybridized carbons (Fsp3) is 0.655. The van der Waals surface area contributed by atoms with E-state index in [9.17, 15) is 19.2 Å². The number of ether oxygens (including phenoxy) is 3. The summed E-state index contributed by atoms with van der Waals surface area (Å²) in [7, 11) is 1.25. The zero-order valence-corrected chi connectivity index (χ0v) is 23.8. The first kappa shape index (κ1) is 30.1. The molecule has 1 spiro atoms. The highest BCUT2D eigenvalue weighted by Gasteiger charge is 2.46. The Kier molecular flexibility index (Phi) is 10.7. The molecule has 4 rings (SSSR count). The predicted octanol–water partition coefficient (Wildman–Crippen LogP) is 3.64. The second-order valence-corrected chi connectivity index (χ2v) is 11.7. The van der Waals surface area contributed by atoms with Crippen molar-refractivity contribution in [1.82, 2.24) is 16.0 Å². The molecule has 2 saturated heterocycles. The molecule has 1 saturated carbocycles. The second-order valence-electron chi connectivity index (χ2n) is 11.2. The molecule has 3 amide bonds. The van der Waals surface area contributed by atoms with Crippen LogP contribution in [-0.2, 0) is 35.2 Å². The van der Waals surface area contributed by atoms with E-state index in [4.69, 9.17) is 25.8 Å². The van der Waals surface area contributed by atoms with Gasteiger partial charge in [-0.3, -0.25) is 9.59 Å². The van der Waals surface area contributed by atoms with Crippen LogP contribution in [0.25, 0.3) is 0 Å². The van der Waals surface area contributed by atoms with Crippen LogP contribution in [0.2, 0.25) is 5.02 Å². The molecule has 1 aromatic carbocycles. The highest BCUT2D eigenvalue weighted by Crippen LogP contribution is 2.36. The van der Waals surface area contributed by atoms with Gasteiger partial charge >= 0.3 is 12.1 Å². The number of carbonyl (C=O) groups excluding carboxylic acids is 4. The first-order chi connectivity index (χ1) is 19.3. The Morgan fingerprint density at radius 3 is 2.55 bits per heavy atom. The topological polar surface area (TPSA) is 132 Å². The largest absolute Gasteiger partial charge is 0.467 e. The number of benzene rings is 1. The molecule has 1 unspecified atom stereocenters. The van der Waals surface area contributed by atoms with Gasteiger partial charge in [0, 0.05) is 29.7 Å². The van der Waals surface area contributed by atoms with E-state index >= 15 is 0 Å². The highest BCUT2D eigenvalue weighted by molar-refractivity contribution is 6.30. The van der Waals surface area contributed by atoms with Gasteiger partial charge < -0.3 is 30.2 Å². The third-order valence-corrected chi connectivity index (χ3v) is 8.57. The maximum Gasteiger partial charge on any atom is 0.408 e. The summed E-state index contributed by atoms with van der Waals surface area (Å²) >= 11 is 6.02. The van der Waals surface area contributed by atoms with Crippen LogP contribution >= 0.6 is 11.6 Å². The molecule has 2 aliphatic heterocycles. The maximum atomic E-state index is 13.5. The first-order valence-electron chi connectivity index (χ1n) is 14.2. The van der Waals surface area contributed by atoms with Gasteiger partial charge in [0.1, 0.15) is 18.7 Å². The molecule has 10 nitrogen and oxygen atoms in total. The number of hydrogen-bond acceptors (Lipinski definition) is 7. The summed E-state index contributed by atoms with van der Waals surface area (Å²) in [4.78, 5) is 51.8. The van der Waals surface area contributed by atoms with Crippen molar-refractivity contribution in [3.8, 4) is 0 Å². The van der Waals surface area contributed by atoms with E-state index in [1.165, 1.54) is 7.11 Å². The van der Waals surface area contributed by atoms with Gasteiger partial charge in [-0.05, 0) is 55.7 Å². The third kappa shape index (κ3) is 8.33. The number of alkyl carbamates (subject to hydrolysis) is 1. The highest BCUT2D eigenvalue weighted by atomic mass is 35.5. The Hall–Kier alpha value is -2.85. The van der Waals surface area contributed by atoms with Crippen molar-refractivity contribution in [2.45, 2.75) is 88.4 Å². The molecule has 0 bridgehead atoms. The summed E-state index contributed by atoms with van der Waals surface area (Å²) in [5, 5.41) is 9.12. The minimum Gasteiger partial charge on any atom is -0.467 e. The molecule has 2 heterocycles. The number of esters is 1. The summed E-state index contributed by atoms with van der Waals surface area (Å²) in [5.74, 6) is -1.45. The third-order valence-electron chi connectivity index (χ3n) is 8.33. The SMILES string of the molecule is COC(=O)[C@H](CC1CC2(CCOCC2)NC1=O)NC(=O)[C@H](CC1CCCCC1)NC(=O)OCc1cccc(Cl)c1. The van der Waals surface area contributed by atoms with E-state index in [-0.39, 0.29) is 30.4 Å². The van der Waals surface area contributed by atoms with Crippen molar-refractivity contribution < 1.29 is 33.4 Å². The summed E-state index contributed by atoms with van der Waals surface area (Å²) < 4.78 is 15.8. The number of amides is 3. The van der Waals surface area contributed by atoms with Gasteiger partial charge in [0.25, 0.3) is 0 Å². The van der Waals surface area contributed by atoms with E-state index in [2.05, 4.69) is 16.0 Å². The van der Waals surface area contributed by atoms with Crippen molar-refractivity contribution >= 4 is 35.5 Å². The normalized spacial score (nSPS) is 22.1. The minimum atomic E-state index is -1.03. The van der Waals surface area contributed by atoms with Crippen LogP contribution in [0.1, 0.15) is 69.8 Å². The van der Waals surface area contributed by atoms with E-state index in [0.29, 0.717) is 31.1 Å². The second kappa shape index (κ2) is 14.2. The van der Waals surface area contributed by atoms with Crippen LogP contribution in [0, 0.1) is 11.8 Å². The van der Waals surface area contributed by atoms with Gasteiger partial charge in [-0.2, -0.15) is 0 Å². The summed E-state index contributed by atoms with van der Waals surface area (Å²) in [6, 6.07) is 5.05. The van der Waals surface area contributed by atoms with Gasteiger partial charge in [0.15, 0.2) is 0 Å². The van der Waals surface area contributed by atoms with Crippen LogP contribution in [0.3, 0.4) is 0 Å². The molecule has 1 aromatic rings. The molecular formula is C29H40ClN3O7. The molecule has 0 radical (unpaired) electrons. The lowest BCUT2D eigenvalue weighted by molar-refractivity contribution is -0.146. The molecule has 3 atom stereocenters. The Labute approximate surface area is 240 Å². The summed E-state index contributed by atoms with van der Waals surface area (Å²) in [5.41, 5.74) is 0.390. The molecule has 3 N–H and O–H groups in total. The average molecular weight is 578 g/mol. The molecule has 0 aromatic heterocycles. The molecule has 3 fully saturated rings. The molecule has 1 aliphatic carbocycles. The first-order valence-corrected chi connectivity index (χ1v) is 14.6. The van der Waals surface area contributed by atoms with E-state index in [1.54, 1.807) is 24.3 Å². The van der Waals surface area contributed by atoms with Gasteiger partial charge in [-0.1, -0.05) is 55.8 Å². The quantitative estimate of drug-likeness (QED) is 0.362. The van der Waals surface area contributed by atoms with Gasteiger partial charge in [0.05, 0.1) is 7.11 Å². The lowest BCUT2D eigenvalue weighted by atomic mass is 9.83. The number of rotatable bonds is 10. The zero-order valence-electron chi connectivity index (χ0n) is 23.0. The number of methoxy groups -OCH3 is 1. The molecule has 11 heteroatoms. The van der Waals surface area contributed by atoms with Gasteiger partial charge in [0.2, 0.25) is 11.8 Å². The Balaban J connectivity index is 1.40. The van der Waals surface area contributed by atoms with E-state index < -0.39 is 36.0 Å². The smallest absolute Gasteiger partial charge is 0.408 e. The van der Waals surface area contributed by atoms with E-state index in [1.807, 2.05) is 0 Å². The van der Waals surface area contributed by atoms with Crippen LogP contribution in [0.4, 0.5) is 4.79 Å². The lowest BCUT2D eigenvalue weighted by Gasteiger charge is -2.33. The molecule has 3 aliphatic rings. The number of hydrogen-bond donors (Lipinski definition) is 3. The van der Waals surface area contributed by atoms with Crippen LogP contribution in [0.5, 0.6) is 0 Å². The summed E-state index contributed by atoms with van der Waals surface area (Å²) in [6.07, 6.45) is 7.06. The van der Waals surface area contributed by atoms with E-state index in [0.717, 1.165) is 50.5 Å². The minimum absolute atomic E-state index is 0.00146. The number of carbonyl (C=O) groups is 4. The average Bonchev–Trinajstić information content (AvgIpc) is 3.24. The number of halogens is 1. The monoisotopic (exact) mass is 577 g/mol. The van der Waals surface area contributed by atoms with Crippen LogP contribution < -0.4 is 16.0 Å². The lowest BCUT2D eigenvalue weighted by Crippen LogP contribution is -2.53. The maximum absolute atomic E-state index is 13.5. The fourth-order valence-corrected chi connectivity index (χ4v) is 6.33. The molecular weight excluding hydrogens is 538 g/mol. The van der Waals surface area contributed by atoms with Crippen molar-refractivity contribution in [2.75, 3.05) is 20.3 Å². The summed E-state index contributed by atoms with van der Waals surface area (Å²) in [6.45, 7) is 1.15.